The second-order valence-corrected chi connectivity index (χ2v) is 3.77. The van der Waals surface area contributed by atoms with E-state index in [0.717, 1.165) is 11.3 Å². The van der Waals surface area contributed by atoms with E-state index >= 15 is 0 Å². The molecule has 3 heteroatoms. The fourth-order valence-corrected chi connectivity index (χ4v) is 1.43. The van der Waals surface area contributed by atoms with Crippen LogP contribution in [0, 0.1) is 0 Å². The second kappa shape index (κ2) is 9.26. The van der Waals surface area contributed by atoms with Crippen LogP contribution in [-0.2, 0) is 4.74 Å². The summed E-state index contributed by atoms with van der Waals surface area (Å²) in [7, 11) is 0. The summed E-state index contributed by atoms with van der Waals surface area (Å²) < 4.78 is 18.1. The molecule has 0 aliphatic heterocycles. The van der Waals surface area contributed by atoms with E-state index in [0.29, 0.717) is 10.8 Å². The van der Waals surface area contributed by atoms with Crippen LogP contribution in [0.5, 0.6) is 0 Å². The standard InChI is InChI=1S/C16H15FO2.C2H4/c1-5-7-15(17)12(4)19-16(18)14-9-8-13(6-2)11(3)10-14;1-2/h5-10H,1,3-4H2,2H3;1-2H2/b13-6-,15-7+;. The summed E-state index contributed by atoms with van der Waals surface area (Å²) in [5.41, 5.74) is 0.295. The van der Waals surface area contributed by atoms with Gasteiger partial charge in [-0.15, -0.1) is 13.2 Å². The maximum Gasteiger partial charge on any atom is 0.343 e. The summed E-state index contributed by atoms with van der Waals surface area (Å²) >= 11 is 0. The molecule has 0 spiro atoms. The van der Waals surface area contributed by atoms with Gasteiger partial charge in [-0.2, -0.15) is 0 Å². The van der Waals surface area contributed by atoms with Gasteiger partial charge in [-0.05, 0) is 35.6 Å². The molecule has 0 N–H and O–H groups in total. The molecule has 0 saturated heterocycles. The molecule has 0 bridgehead atoms. The summed E-state index contributed by atoms with van der Waals surface area (Å²) in [6.07, 6.45) is 4.19. The Morgan fingerprint density at radius 3 is 2.43 bits per heavy atom. The summed E-state index contributed by atoms with van der Waals surface area (Å²) in [5, 5.41) is 1.62. The van der Waals surface area contributed by atoms with Crippen LogP contribution in [0.15, 0.2) is 68.3 Å². The number of hydrogen-bond donors (Lipinski definition) is 0. The maximum atomic E-state index is 13.3. The minimum absolute atomic E-state index is 0.295. The highest BCUT2D eigenvalue weighted by Gasteiger charge is 2.11. The van der Waals surface area contributed by atoms with Crippen molar-refractivity contribution in [2.24, 2.45) is 0 Å². The van der Waals surface area contributed by atoms with E-state index in [1.54, 1.807) is 18.2 Å². The largest absolute Gasteiger partial charge is 0.420 e. The lowest BCUT2D eigenvalue weighted by molar-refractivity contribution is 0.0624. The van der Waals surface area contributed by atoms with Crippen molar-refractivity contribution in [3.63, 3.8) is 0 Å². The molecule has 0 aromatic heterocycles. The third-order valence-corrected chi connectivity index (χ3v) is 2.44. The van der Waals surface area contributed by atoms with Crippen molar-refractivity contribution in [3.8, 4) is 0 Å². The number of carbonyl (C=O) groups excluding carboxylic acids is 1. The highest BCUT2D eigenvalue weighted by Crippen LogP contribution is 2.13. The Morgan fingerprint density at radius 2 is 1.95 bits per heavy atom. The van der Waals surface area contributed by atoms with E-state index in [4.69, 9.17) is 4.74 Å². The number of halogens is 1. The van der Waals surface area contributed by atoms with Gasteiger partial charge in [-0.1, -0.05) is 38.0 Å². The van der Waals surface area contributed by atoms with Gasteiger partial charge < -0.3 is 4.74 Å². The van der Waals surface area contributed by atoms with Crippen LogP contribution in [0.25, 0.3) is 12.7 Å². The molecule has 0 atom stereocenters. The Bertz CT molecular complexity index is 669. The Hall–Kier alpha value is -2.68. The van der Waals surface area contributed by atoms with Gasteiger partial charge in [0.25, 0.3) is 0 Å². The molecule has 21 heavy (non-hydrogen) atoms. The number of allylic oxidation sites excluding steroid dienone is 3. The highest BCUT2D eigenvalue weighted by atomic mass is 19.1. The van der Waals surface area contributed by atoms with Crippen LogP contribution in [0.2, 0.25) is 0 Å². The molecule has 110 valence electrons. The number of hydrogen-bond acceptors (Lipinski definition) is 2. The fraction of sp³-hybridized carbons (Fsp3) is 0.0556. The minimum atomic E-state index is -0.739. The van der Waals surface area contributed by atoms with Crippen molar-refractivity contribution in [1.82, 2.24) is 0 Å². The van der Waals surface area contributed by atoms with Crippen molar-refractivity contribution < 1.29 is 13.9 Å². The van der Waals surface area contributed by atoms with Crippen molar-refractivity contribution in [2.45, 2.75) is 6.92 Å². The topological polar surface area (TPSA) is 26.3 Å². The zero-order chi connectivity index (χ0) is 16.4. The summed E-state index contributed by atoms with van der Waals surface area (Å²) in [5.74, 6) is -1.76. The molecule has 1 aromatic carbocycles. The fourth-order valence-electron chi connectivity index (χ4n) is 1.43. The maximum absolute atomic E-state index is 13.3. The number of ether oxygens (including phenoxy) is 1. The average molecular weight is 286 g/mol. The van der Waals surface area contributed by atoms with E-state index in [-0.39, 0.29) is 5.76 Å². The second-order valence-electron chi connectivity index (χ2n) is 3.77. The molecular weight excluding hydrogens is 267 g/mol. The van der Waals surface area contributed by atoms with Crippen LogP contribution >= 0.6 is 0 Å². The zero-order valence-electron chi connectivity index (χ0n) is 12.2. The normalized spacial score (nSPS) is 11.1. The van der Waals surface area contributed by atoms with Crippen LogP contribution < -0.4 is 10.4 Å². The number of carbonyl (C=O) groups is 1. The van der Waals surface area contributed by atoms with Gasteiger partial charge in [0.05, 0.1) is 5.56 Å². The lowest BCUT2D eigenvalue weighted by Gasteiger charge is -2.05. The molecule has 0 amide bonds. The molecule has 0 aliphatic rings. The first-order valence-corrected chi connectivity index (χ1v) is 6.14. The van der Waals surface area contributed by atoms with Gasteiger partial charge in [0, 0.05) is 0 Å². The predicted octanol–water partition coefficient (Wildman–Crippen LogP) is 3.41. The Balaban J connectivity index is 0.00000191. The van der Waals surface area contributed by atoms with E-state index < -0.39 is 11.8 Å². The monoisotopic (exact) mass is 286 g/mol. The quantitative estimate of drug-likeness (QED) is 0.367. The Kier molecular flexibility index (Phi) is 8.08. The first-order chi connectivity index (χ1) is 9.99. The molecular formula is C18H19FO2. The smallest absolute Gasteiger partial charge is 0.343 e. The third kappa shape index (κ3) is 5.45. The van der Waals surface area contributed by atoms with Crippen molar-refractivity contribution in [2.75, 3.05) is 0 Å². The predicted molar refractivity (Wildman–Crippen MR) is 86.6 cm³/mol. The molecule has 0 unspecified atom stereocenters. The first-order valence-electron chi connectivity index (χ1n) is 6.14. The van der Waals surface area contributed by atoms with Gasteiger partial charge in [-0.3, -0.25) is 0 Å². The lowest BCUT2D eigenvalue weighted by Crippen LogP contribution is -2.24. The van der Waals surface area contributed by atoms with E-state index in [2.05, 4.69) is 32.9 Å². The first kappa shape index (κ1) is 18.3. The number of rotatable bonds is 4. The van der Waals surface area contributed by atoms with Crippen LogP contribution in [-0.4, -0.2) is 5.97 Å². The van der Waals surface area contributed by atoms with Gasteiger partial charge in [0.1, 0.15) is 0 Å². The van der Waals surface area contributed by atoms with Gasteiger partial charge in [0.2, 0.25) is 0 Å². The molecule has 0 fully saturated rings. The van der Waals surface area contributed by atoms with E-state index in [9.17, 15) is 9.18 Å². The van der Waals surface area contributed by atoms with Gasteiger partial charge >= 0.3 is 5.97 Å². The summed E-state index contributed by atoms with van der Waals surface area (Å²) in [6.45, 7) is 18.4. The highest BCUT2D eigenvalue weighted by molar-refractivity contribution is 5.90. The molecule has 0 radical (unpaired) electrons. The molecule has 1 aromatic rings. The molecule has 1 rings (SSSR count). The third-order valence-electron chi connectivity index (χ3n) is 2.44. The number of esters is 1. The lowest BCUT2D eigenvalue weighted by atomic mass is 10.1. The average Bonchev–Trinajstić information content (AvgIpc) is 2.49. The molecule has 0 aliphatic carbocycles. The SMILES string of the molecule is C=C.C=C/C=C(/F)C(=C)OC(=O)c1cc/c(=C/C)c(=C)c1. The van der Waals surface area contributed by atoms with Crippen molar-refractivity contribution in [3.05, 3.63) is 84.3 Å². The summed E-state index contributed by atoms with van der Waals surface area (Å²) in [4.78, 5) is 11.8. The Labute approximate surface area is 124 Å². The van der Waals surface area contributed by atoms with Gasteiger partial charge in [0.15, 0.2) is 11.6 Å². The summed E-state index contributed by atoms with van der Waals surface area (Å²) in [6, 6.07) is 4.92. The van der Waals surface area contributed by atoms with Crippen LogP contribution in [0.3, 0.4) is 0 Å². The van der Waals surface area contributed by atoms with Crippen molar-refractivity contribution >= 4 is 18.6 Å². The van der Waals surface area contributed by atoms with E-state index in [1.807, 2.05) is 13.0 Å². The molecule has 0 heterocycles. The van der Waals surface area contributed by atoms with Crippen LogP contribution in [0.4, 0.5) is 4.39 Å². The minimum Gasteiger partial charge on any atom is -0.420 e. The van der Waals surface area contributed by atoms with E-state index in [1.165, 1.54) is 6.08 Å². The zero-order valence-corrected chi connectivity index (χ0v) is 12.2. The van der Waals surface area contributed by atoms with Crippen LogP contribution in [0.1, 0.15) is 17.3 Å². The number of benzene rings is 1. The molecule has 0 saturated carbocycles. The van der Waals surface area contributed by atoms with Crippen molar-refractivity contribution in [1.29, 1.82) is 0 Å². The Morgan fingerprint density at radius 1 is 1.33 bits per heavy atom. The molecule has 2 nitrogen and oxygen atoms in total. The van der Waals surface area contributed by atoms with Gasteiger partial charge in [-0.25, -0.2) is 9.18 Å².